The second kappa shape index (κ2) is 3.51. The quantitative estimate of drug-likeness (QED) is 0.797. The lowest BCUT2D eigenvalue weighted by molar-refractivity contribution is 0.439. The van der Waals surface area contributed by atoms with Gasteiger partial charge in [0.2, 0.25) is 0 Å². The molecule has 2 aliphatic carbocycles. The van der Waals surface area contributed by atoms with Crippen molar-refractivity contribution in [2.24, 2.45) is 11.8 Å². The molecular weight excluding hydrogens is 184 g/mol. The number of rotatable bonds is 2. The van der Waals surface area contributed by atoms with Crippen LogP contribution in [0.1, 0.15) is 31.4 Å². The Labute approximate surface area is 91.1 Å². The van der Waals surface area contributed by atoms with Gasteiger partial charge in [-0.15, -0.1) is 0 Å². The summed E-state index contributed by atoms with van der Waals surface area (Å²) in [7, 11) is 0. The molecule has 2 nitrogen and oxygen atoms in total. The maximum Gasteiger partial charge on any atom is 0.126 e. The number of anilines is 1. The summed E-state index contributed by atoms with van der Waals surface area (Å²) in [5, 5.41) is 3.60. The topological polar surface area (TPSA) is 24.9 Å². The fourth-order valence-corrected chi connectivity index (χ4v) is 3.23. The second-order valence-corrected chi connectivity index (χ2v) is 5.09. The number of nitrogens with one attached hydrogen (secondary N) is 1. The molecular formula is C13H18N2. The minimum absolute atomic E-state index is 0.693. The summed E-state index contributed by atoms with van der Waals surface area (Å²) in [6.45, 7) is 2.05. The summed E-state index contributed by atoms with van der Waals surface area (Å²) >= 11 is 0. The Hall–Kier alpha value is -1.05. The third-order valence-electron chi connectivity index (χ3n) is 3.96. The highest BCUT2D eigenvalue weighted by Gasteiger charge is 2.39. The van der Waals surface area contributed by atoms with Crippen molar-refractivity contribution in [1.29, 1.82) is 0 Å². The Morgan fingerprint density at radius 1 is 1.27 bits per heavy atom. The van der Waals surface area contributed by atoms with Gasteiger partial charge in [-0.25, -0.2) is 4.98 Å². The summed E-state index contributed by atoms with van der Waals surface area (Å²) in [6.07, 6.45) is 5.70. The first-order chi connectivity index (χ1) is 7.31. The summed E-state index contributed by atoms with van der Waals surface area (Å²) in [4.78, 5) is 4.51. The first kappa shape index (κ1) is 9.20. The van der Waals surface area contributed by atoms with Crippen LogP contribution in [0.3, 0.4) is 0 Å². The number of pyridine rings is 1. The van der Waals surface area contributed by atoms with Crippen LogP contribution in [0, 0.1) is 18.8 Å². The Morgan fingerprint density at radius 3 is 2.87 bits per heavy atom. The molecule has 1 heterocycles. The van der Waals surface area contributed by atoms with Gasteiger partial charge in [-0.2, -0.15) is 0 Å². The van der Waals surface area contributed by atoms with E-state index in [1.165, 1.54) is 25.7 Å². The zero-order valence-corrected chi connectivity index (χ0v) is 9.24. The van der Waals surface area contributed by atoms with Gasteiger partial charge in [0, 0.05) is 11.7 Å². The molecule has 3 unspecified atom stereocenters. The van der Waals surface area contributed by atoms with Crippen LogP contribution in [0.2, 0.25) is 0 Å². The van der Waals surface area contributed by atoms with Crippen molar-refractivity contribution in [1.82, 2.24) is 4.98 Å². The van der Waals surface area contributed by atoms with Gasteiger partial charge in [-0.1, -0.05) is 12.5 Å². The van der Waals surface area contributed by atoms with Crippen LogP contribution in [0.25, 0.3) is 0 Å². The van der Waals surface area contributed by atoms with Crippen LogP contribution in [0.4, 0.5) is 5.82 Å². The number of hydrogen-bond donors (Lipinski definition) is 1. The predicted octanol–water partition coefficient (Wildman–Crippen LogP) is 2.99. The SMILES string of the molecule is Cc1cccc(NC2CC3CCC2C3)n1. The van der Waals surface area contributed by atoms with E-state index in [1.54, 1.807) is 0 Å². The third-order valence-corrected chi connectivity index (χ3v) is 3.96. The fraction of sp³-hybridized carbons (Fsp3) is 0.615. The number of aryl methyl sites for hydroxylation is 1. The average Bonchev–Trinajstić information content (AvgIpc) is 2.79. The molecule has 80 valence electrons. The van der Waals surface area contributed by atoms with E-state index in [-0.39, 0.29) is 0 Å². The van der Waals surface area contributed by atoms with Crippen molar-refractivity contribution in [3.63, 3.8) is 0 Å². The van der Waals surface area contributed by atoms with Gasteiger partial charge in [-0.3, -0.25) is 0 Å². The van der Waals surface area contributed by atoms with E-state index in [1.807, 2.05) is 13.0 Å². The standard InChI is InChI=1S/C13H18N2/c1-9-3-2-4-13(14-9)15-12-8-10-5-6-11(12)7-10/h2-4,10-12H,5-8H2,1H3,(H,14,15). The van der Waals surface area contributed by atoms with Crippen LogP contribution in [0.5, 0.6) is 0 Å². The van der Waals surface area contributed by atoms with E-state index in [0.717, 1.165) is 23.3 Å². The molecule has 2 bridgehead atoms. The lowest BCUT2D eigenvalue weighted by atomic mass is 9.95. The Kier molecular flexibility index (Phi) is 2.15. The summed E-state index contributed by atoms with van der Waals surface area (Å²) in [5.41, 5.74) is 1.10. The van der Waals surface area contributed by atoms with Crippen LogP contribution >= 0.6 is 0 Å². The van der Waals surface area contributed by atoms with Crippen LogP contribution in [-0.4, -0.2) is 11.0 Å². The van der Waals surface area contributed by atoms with E-state index in [9.17, 15) is 0 Å². The molecule has 0 aromatic carbocycles. The third kappa shape index (κ3) is 1.73. The molecule has 1 aromatic heterocycles. The van der Waals surface area contributed by atoms with Gasteiger partial charge in [0.25, 0.3) is 0 Å². The molecule has 1 aromatic rings. The van der Waals surface area contributed by atoms with Crippen LogP contribution in [-0.2, 0) is 0 Å². The van der Waals surface area contributed by atoms with Crippen molar-refractivity contribution in [2.75, 3.05) is 5.32 Å². The molecule has 3 rings (SSSR count). The van der Waals surface area contributed by atoms with Gasteiger partial charge in [-0.05, 0) is 50.2 Å². The van der Waals surface area contributed by atoms with Gasteiger partial charge < -0.3 is 5.32 Å². The van der Waals surface area contributed by atoms with Crippen molar-refractivity contribution in [3.05, 3.63) is 23.9 Å². The molecule has 1 N–H and O–H groups in total. The molecule has 15 heavy (non-hydrogen) atoms. The van der Waals surface area contributed by atoms with E-state index in [2.05, 4.69) is 22.4 Å². The molecule has 0 radical (unpaired) electrons. The zero-order valence-electron chi connectivity index (χ0n) is 9.24. The number of hydrogen-bond acceptors (Lipinski definition) is 2. The Balaban J connectivity index is 1.71. The second-order valence-electron chi connectivity index (χ2n) is 5.09. The summed E-state index contributed by atoms with van der Waals surface area (Å²) in [6, 6.07) is 6.90. The maximum absolute atomic E-state index is 4.51. The highest BCUT2D eigenvalue weighted by atomic mass is 15.0. The summed E-state index contributed by atoms with van der Waals surface area (Å²) in [5.74, 6) is 2.97. The lowest BCUT2D eigenvalue weighted by Gasteiger charge is -2.23. The first-order valence-electron chi connectivity index (χ1n) is 6.01. The number of fused-ring (bicyclic) bond motifs is 2. The van der Waals surface area contributed by atoms with Crippen molar-refractivity contribution >= 4 is 5.82 Å². The minimum atomic E-state index is 0.693. The highest BCUT2D eigenvalue weighted by molar-refractivity contribution is 5.37. The van der Waals surface area contributed by atoms with Crippen molar-refractivity contribution < 1.29 is 0 Å². The van der Waals surface area contributed by atoms with Gasteiger partial charge in [0.15, 0.2) is 0 Å². The molecule has 2 saturated carbocycles. The van der Waals surface area contributed by atoms with E-state index >= 15 is 0 Å². The average molecular weight is 202 g/mol. The van der Waals surface area contributed by atoms with Gasteiger partial charge in [0.05, 0.1) is 0 Å². The van der Waals surface area contributed by atoms with E-state index in [0.29, 0.717) is 6.04 Å². The lowest BCUT2D eigenvalue weighted by Crippen LogP contribution is -2.26. The van der Waals surface area contributed by atoms with Gasteiger partial charge in [0.1, 0.15) is 5.82 Å². The monoisotopic (exact) mass is 202 g/mol. The number of aromatic nitrogens is 1. The molecule has 0 spiro atoms. The molecule has 2 aliphatic rings. The molecule has 3 atom stereocenters. The Morgan fingerprint density at radius 2 is 2.20 bits per heavy atom. The van der Waals surface area contributed by atoms with Crippen LogP contribution < -0.4 is 5.32 Å². The smallest absolute Gasteiger partial charge is 0.126 e. The Bertz CT molecular complexity index is 361. The summed E-state index contributed by atoms with van der Waals surface area (Å²) < 4.78 is 0. The minimum Gasteiger partial charge on any atom is -0.367 e. The molecule has 0 amide bonds. The first-order valence-corrected chi connectivity index (χ1v) is 6.01. The van der Waals surface area contributed by atoms with E-state index in [4.69, 9.17) is 0 Å². The molecule has 0 aliphatic heterocycles. The highest BCUT2D eigenvalue weighted by Crippen LogP contribution is 2.45. The number of nitrogens with zero attached hydrogens (tertiary/aromatic N) is 1. The predicted molar refractivity (Wildman–Crippen MR) is 61.8 cm³/mol. The maximum atomic E-state index is 4.51. The van der Waals surface area contributed by atoms with E-state index < -0.39 is 0 Å². The molecule has 2 fully saturated rings. The molecule has 2 heteroatoms. The molecule has 0 saturated heterocycles. The van der Waals surface area contributed by atoms with Gasteiger partial charge >= 0.3 is 0 Å². The van der Waals surface area contributed by atoms with Crippen LogP contribution in [0.15, 0.2) is 18.2 Å². The fourth-order valence-electron chi connectivity index (χ4n) is 3.23. The zero-order chi connectivity index (χ0) is 10.3. The normalized spacial score (nSPS) is 33.3. The van der Waals surface area contributed by atoms with Crippen molar-refractivity contribution in [2.45, 2.75) is 38.6 Å². The largest absolute Gasteiger partial charge is 0.367 e. The van der Waals surface area contributed by atoms with Crippen molar-refractivity contribution in [3.8, 4) is 0 Å².